The maximum absolute atomic E-state index is 2.50. The van der Waals surface area contributed by atoms with Crippen LogP contribution in [-0.2, 0) is 13.1 Å². The molecular formula is C28H23N. The molecule has 0 aliphatic carbocycles. The third-order valence-corrected chi connectivity index (χ3v) is 5.52. The number of fused-ring (bicyclic) bond motifs is 3. The first kappa shape index (κ1) is 17.5. The Morgan fingerprint density at radius 1 is 0.448 bits per heavy atom. The first-order valence-electron chi connectivity index (χ1n) is 10.1. The van der Waals surface area contributed by atoms with Crippen molar-refractivity contribution in [3.8, 4) is 0 Å². The third kappa shape index (κ3) is 3.60. The molecule has 0 radical (unpaired) electrons. The molecule has 0 unspecified atom stereocenters. The van der Waals surface area contributed by atoms with Crippen LogP contribution in [0.25, 0.3) is 21.5 Å². The Labute approximate surface area is 171 Å². The fourth-order valence-electron chi connectivity index (χ4n) is 4.13. The van der Waals surface area contributed by atoms with E-state index in [4.69, 9.17) is 0 Å². The van der Waals surface area contributed by atoms with Gasteiger partial charge in [0.25, 0.3) is 0 Å². The topological polar surface area (TPSA) is 3.24 Å². The Hall–Kier alpha value is -3.58. The van der Waals surface area contributed by atoms with Crippen molar-refractivity contribution in [2.75, 3.05) is 4.90 Å². The molecule has 1 heteroatoms. The summed E-state index contributed by atoms with van der Waals surface area (Å²) in [6, 6.07) is 41.3. The second kappa shape index (κ2) is 7.81. The quantitative estimate of drug-likeness (QED) is 0.294. The minimum absolute atomic E-state index is 0.873. The summed E-state index contributed by atoms with van der Waals surface area (Å²) < 4.78 is 0. The van der Waals surface area contributed by atoms with Gasteiger partial charge >= 0.3 is 0 Å². The zero-order valence-electron chi connectivity index (χ0n) is 16.3. The average molecular weight is 373 g/mol. The van der Waals surface area contributed by atoms with Gasteiger partial charge in [0.1, 0.15) is 0 Å². The van der Waals surface area contributed by atoms with Gasteiger partial charge in [-0.2, -0.15) is 0 Å². The highest BCUT2D eigenvalue weighted by Crippen LogP contribution is 2.35. The average Bonchev–Trinajstić information content (AvgIpc) is 2.79. The molecule has 0 aliphatic rings. The summed E-state index contributed by atoms with van der Waals surface area (Å²) in [4.78, 5) is 2.50. The van der Waals surface area contributed by atoms with Crippen LogP contribution in [-0.4, -0.2) is 0 Å². The van der Waals surface area contributed by atoms with Crippen LogP contribution >= 0.6 is 0 Å². The maximum Gasteiger partial charge on any atom is 0.0458 e. The van der Waals surface area contributed by atoms with Crippen LogP contribution in [0, 0.1) is 0 Å². The monoisotopic (exact) mass is 373 g/mol. The van der Waals surface area contributed by atoms with E-state index in [0.717, 1.165) is 13.1 Å². The molecule has 0 atom stereocenters. The Morgan fingerprint density at radius 2 is 0.931 bits per heavy atom. The highest BCUT2D eigenvalue weighted by Gasteiger charge is 2.14. The Kier molecular flexibility index (Phi) is 4.72. The maximum atomic E-state index is 2.50. The molecule has 0 fully saturated rings. The predicted octanol–water partition coefficient (Wildman–Crippen LogP) is 7.20. The standard InChI is InChI=1S/C28H23N/c1-3-11-22(12-4-1)20-29(21-23-13-5-2-6-14-23)28-19-24-15-7-8-16-25(24)26-17-9-10-18-27(26)28/h1-19H,20-21H2. The molecule has 0 spiro atoms. The van der Waals surface area contributed by atoms with Crippen LogP contribution in [0.4, 0.5) is 5.69 Å². The van der Waals surface area contributed by atoms with Crippen molar-refractivity contribution in [1.82, 2.24) is 0 Å². The number of nitrogens with zero attached hydrogens (tertiary/aromatic N) is 1. The van der Waals surface area contributed by atoms with Crippen LogP contribution in [0.1, 0.15) is 11.1 Å². The lowest BCUT2D eigenvalue weighted by atomic mass is 9.99. The van der Waals surface area contributed by atoms with Gasteiger partial charge in [0.15, 0.2) is 0 Å². The van der Waals surface area contributed by atoms with Gasteiger partial charge in [-0.1, -0.05) is 109 Å². The molecular weight excluding hydrogens is 350 g/mol. The molecule has 0 aliphatic heterocycles. The second-order valence-electron chi connectivity index (χ2n) is 7.49. The van der Waals surface area contributed by atoms with Crippen LogP contribution in [0.15, 0.2) is 115 Å². The molecule has 140 valence electrons. The number of benzene rings is 5. The minimum atomic E-state index is 0.873. The number of rotatable bonds is 5. The van der Waals surface area contributed by atoms with E-state index in [-0.39, 0.29) is 0 Å². The van der Waals surface area contributed by atoms with E-state index >= 15 is 0 Å². The zero-order valence-corrected chi connectivity index (χ0v) is 16.3. The van der Waals surface area contributed by atoms with E-state index in [2.05, 4.69) is 120 Å². The van der Waals surface area contributed by atoms with Gasteiger partial charge in [-0.25, -0.2) is 0 Å². The molecule has 5 aromatic carbocycles. The van der Waals surface area contributed by atoms with Crippen molar-refractivity contribution in [3.63, 3.8) is 0 Å². The van der Waals surface area contributed by atoms with Crippen LogP contribution in [0.3, 0.4) is 0 Å². The molecule has 29 heavy (non-hydrogen) atoms. The summed E-state index contributed by atoms with van der Waals surface area (Å²) in [5.74, 6) is 0. The fourth-order valence-corrected chi connectivity index (χ4v) is 4.13. The SMILES string of the molecule is c1ccc(CN(Cc2ccccc2)c2cc3ccccc3c3ccccc23)cc1. The van der Waals surface area contributed by atoms with Crippen LogP contribution < -0.4 is 4.90 Å². The van der Waals surface area contributed by atoms with E-state index in [0.29, 0.717) is 0 Å². The largest absolute Gasteiger partial charge is 0.362 e. The number of hydrogen-bond donors (Lipinski definition) is 0. The molecule has 0 heterocycles. The minimum Gasteiger partial charge on any atom is -0.362 e. The van der Waals surface area contributed by atoms with Gasteiger partial charge in [-0.3, -0.25) is 0 Å². The van der Waals surface area contributed by atoms with Gasteiger partial charge < -0.3 is 4.90 Å². The predicted molar refractivity (Wildman–Crippen MR) is 124 cm³/mol. The van der Waals surface area contributed by atoms with Crippen molar-refractivity contribution < 1.29 is 0 Å². The Balaban J connectivity index is 1.69. The third-order valence-electron chi connectivity index (χ3n) is 5.52. The second-order valence-corrected chi connectivity index (χ2v) is 7.49. The van der Waals surface area contributed by atoms with Gasteiger partial charge in [0.2, 0.25) is 0 Å². The van der Waals surface area contributed by atoms with Gasteiger partial charge in [0, 0.05) is 24.2 Å². The molecule has 5 rings (SSSR count). The Bertz CT molecular complexity index is 1200. The van der Waals surface area contributed by atoms with Crippen molar-refractivity contribution in [1.29, 1.82) is 0 Å². The highest BCUT2D eigenvalue weighted by atomic mass is 15.1. The summed E-state index contributed by atoms with van der Waals surface area (Å²) in [6.45, 7) is 1.75. The van der Waals surface area contributed by atoms with Crippen LogP contribution in [0.2, 0.25) is 0 Å². The molecule has 0 N–H and O–H groups in total. The summed E-state index contributed by atoms with van der Waals surface area (Å²) in [6.07, 6.45) is 0. The smallest absolute Gasteiger partial charge is 0.0458 e. The molecule has 0 saturated heterocycles. The lowest BCUT2D eigenvalue weighted by molar-refractivity contribution is 0.804. The molecule has 0 aromatic heterocycles. The zero-order chi connectivity index (χ0) is 19.5. The van der Waals surface area contributed by atoms with Crippen molar-refractivity contribution in [2.45, 2.75) is 13.1 Å². The van der Waals surface area contributed by atoms with Crippen molar-refractivity contribution >= 4 is 27.2 Å². The fraction of sp³-hybridized carbons (Fsp3) is 0.0714. The van der Waals surface area contributed by atoms with E-state index < -0.39 is 0 Å². The van der Waals surface area contributed by atoms with Gasteiger partial charge in [-0.05, 0) is 33.4 Å². The summed E-state index contributed by atoms with van der Waals surface area (Å²) in [5, 5.41) is 5.21. The normalized spacial score (nSPS) is 11.0. The lowest BCUT2D eigenvalue weighted by Gasteiger charge is -2.27. The summed E-state index contributed by atoms with van der Waals surface area (Å²) >= 11 is 0. The lowest BCUT2D eigenvalue weighted by Crippen LogP contribution is -2.22. The van der Waals surface area contributed by atoms with Crippen LogP contribution in [0.5, 0.6) is 0 Å². The number of anilines is 1. The summed E-state index contributed by atoms with van der Waals surface area (Å²) in [7, 11) is 0. The van der Waals surface area contributed by atoms with Crippen molar-refractivity contribution in [3.05, 3.63) is 126 Å². The van der Waals surface area contributed by atoms with E-state index in [9.17, 15) is 0 Å². The highest BCUT2D eigenvalue weighted by molar-refractivity contribution is 6.13. The summed E-state index contributed by atoms with van der Waals surface area (Å²) in [5.41, 5.74) is 3.92. The molecule has 5 aromatic rings. The molecule has 1 nitrogen and oxygen atoms in total. The Morgan fingerprint density at radius 3 is 1.55 bits per heavy atom. The van der Waals surface area contributed by atoms with E-state index in [1.165, 1.54) is 38.4 Å². The number of hydrogen-bond acceptors (Lipinski definition) is 1. The van der Waals surface area contributed by atoms with Gasteiger partial charge in [0.05, 0.1) is 0 Å². The molecule has 0 bridgehead atoms. The molecule has 0 saturated carbocycles. The van der Waals surface area contributed by atoms with Gasteiger partial charge in [-0.15, -0.1) is 0 Å². The molecule has 0 amide bonds. The van der Waals surface area contributed by atoms with Crippen molar-refractivity contribution in [2.24, 2.45) is 0 Å². The first-order chi connectivity index (χ1) is 14.4. The van der Waals surface area contributed by atoms with E-state index in [1.807, 2.05) is 0 Å². The first-order valence-corrected chi connectivity index (χ1v) is 10.1. The van der Waals surface area contributed by atoms with E-state index in [1.54, 1.807) is 0 Å².